The van der Waals surface area contributed by atoms with Crippen LogP contribution in [0.25, 0.3) is 0 Å². The van der Waals surface area contributed by atoms with Gasteiger partial charge in [-0.05, 0) is 17.7 Å². The SMILES string of the molecule is CC(O)(Cc1ccccc1)N1OCO1. The van der Waals surface area contributed by atoms with Gasteiger partial charge in [-0.3, -0.25) is 0 Å². The molecule has 1 atom stereocenters. The molecule has 4 nitrogen and oxygen atoms in total. The molecule has 0 radical (unpaired) electrons. The molecule has 0 amide bonds. The molecule has 1 aliphatic rings. The molecule has 1 aliphatic heterocycles. The van der Waals surface area contributed by atoms with Gasteiger partial charge in [0.15, 0.2) is 12.5 Å². The maximum Gasteiger partial charge on any atom is 0.193 e. The summed E-state index contributed by atoms with van der Waals surface area (Å²) >= 11 is 0. The van der Waals surface area contributed by atoms with E-state index >= 15 is 0 Å². The first-order chi connectivity index (χ1) is 6.68. The molecule has 0 saturated carbocycles. The molecule has 14 heavy (non-hydrogen) atoms. The number of hydrogen-bond donors (Lipinski definition) is 1. The number of rotatable bonds is 3. The van der Waals surface area contributed by atoms with Gasteiger partial charge in [0, 0.05) is 6.42 Å². The highest BCUT2D eigenvalue weighted by Crippen LogP contribution is 2.22. The monoisotopic (exact) mass is 195 g/mol. The molecule has 0 aliphatic carbocycles. The van der Waals surface area contributed by atoms with Gasteiger partial charge in [0.05, 0.1) is 0 Å². The maximum atomic E-state index is 9.96. The Labute approximate surface area is 82.6 Å². The van der Waals surface area contributed by atoms with Gasteiger partial charge in [0.25, 0.3) is 0 Å². The smallest absolute Gasteiger partial charge is 0.193 e. The van der Waals surface area contributed by atoms with Crippen molar-refractivity contribution in [2.75, 3.05) is 6.79 Å². The summed E-state index contributed by atoms with van der Waals surface area (Å²) in [5.41, 5.74) is -0.0730. The molecule has 1 heterocycles. The summed E-state index contributed by atoms with van der Waals surface area (Å²) in [6, 6.07) is 9.71. The second kappa shape index (κ2) is 3.67. The van der Waals surface area contributed by atoms with E-state index < -0.39 is 5.72 Å². The number of aliphatic hydroxyl groups is 1. The molecule has 1 aromatic rings. The fourth-order valence-electron chi connectivity index (χ4n) is 1.43. The van der Waals surface area contributed by atoms with Crippen LogP contribution in [-0.2, 0) is 16.1 Å². The Morgan fingerprint density at radius 3 is 2.50 bits per heavy atom. The fraction of sp³-hybridized carbons (Fsp3) is 0.400. The first-order valence-electron chi connectivity index (χ1n) is 4.51. The molecular weight excluding hydrogens is 182 g/mol. The van der Waals surface area contributed by atoms with Gasteiger partial charge >= 0.3 is 0 Å². The van der Waals surface area contributed by atoms with Crippen LogP contribution in [0.4, 0.5) is 0 Å². The van der Waals surface area contributed by atoms with E-state index in [1.54, 1.807) is 6.92 Å². The Hall–Kier alpha value is -0.940. The van der Waals surface area contributed by atoms with Crippen LogP contribution in [0.3, 0.4) is 0 Å². The Bertz CT molecular complexity index is 295. The van der Waals surface area contributed by atoms with E-state index in [1.165, 1.54) is 0 Å². The van der Waals surface area contributed by atoms with Crippen molar-refractivity contribution in [1.29, 1.82) is 0 Å². The van der Waals surface area contributed by atoms with E-state index in [4.69, 9.17) is 9.68 Å². The van der Waals surface area contributed by atoms with E-state index in [1.807, 2.05) is 30.3 Å². The van der Waals surface area contributed by atoms with Crippen molar-refractivity contribution in [3.05, 3.63) is 35.9 Å². The lowest BCUT2D eigenvalue weighted by Crippen LogP contribution is -2.54. The first kappa shape index (κ1) is 9.61. The molecule has 0 aromatic heterocycles. The summed E-state index contributed by atoms with van der Waals surface area (Å²) in [7, 11) is 0. The summed E-state index contributed by atoms with van der Waals surface area (Å²) in [6.45, 7) is 1.87. The molecule has 76 valence electrons. The third kappa shape index (κ3) is 1.93. The topological polar surface area (TPSA) is 41.9 Å². The first-order valence-corrected chi connectivity index (χ1v) is 4.51. The zero-order chi connectivity index (χ0) is 10.0. The highest BCUT2D eigenvalue weighted by molar-refractivity contribution is 5.16. The van der Waals surface area contributed by atoms with Crippen LogP contribution in [0.15, 0.2) is 30.3 Å². The van der Waals surface area contributed by atoms with Gasteiger partial charge in [-0.1, -0.05) is 30.3 Å². The highest BCUT2D eigenvalue weighted by Gasteiger charge is 2.36. The summed E-state index contributed by atoms with van der Waals surface area (Å²) in [6.07, 6.45) is 0.466. The van der Waals surface area contributed by atoms with Gasteiger partial charge < -0.3 is 5.11 Å². The molecule has 1 unspecified atom stereocenters. The Balaban J connectivity index is 2.02. The van der Waals surface area contributed by atoms with E-state index in [-0.39, 0.29) is 6.79 Å². The van der Waals surface area contributed by atoms with Crippen molar-refractivity contribution in [2.24, 2.45) is 0 Å². The number of hydrogen-bond acceptors (Lipinski definition) is 4. The zero-order valence-corrected chi connectivity index (χ0v) is 8.01. The summed E-state index contributed by atoms with van der Waals surface area (Å²) < 4.78 is 0. The van der Waals surface area contributed by atoms with Gasteiger partial charge in [0.1, 0.15) is 0 Å². The summed E-state index contributed by atoms with van der Waals surface area (Å²) in [5.74, 6) is 0. The molecule has 0 spiro atoms. The second-order valence-electron chi connectivity index (χ2n) is 3.51. The van der Waals surface area contributed by atoms with E-state index in [0.29, 0.717) is 6.42 Å². The summed E-state index contributed by atoms with van der Waals surface area (Å²) in [4.78, 5) is 9.86. The lowest BCUT2D eigenvalue weighted by atomic mass is 10.1. The largest absolute Gasteiger partial charge is 0.371 e. The predicted octanol–water partition coefficient (Wildman–Crippen LogP) is 1.07. The molecule has 2 rings (SSSR count). The second-order valence-corrected chi connectivity index (χ2v) is 3.51. The number of nitrogens with zero attached hydrogens (tertiary/aromatic N) is 1. The predicted molar refractivity (Wildman–Crippen MR) is 49.6 cm³/mol. The Morgan fingerprint density at radius 2 is 2.00 bits per heavy atom. The normalized spacial score (nSPS) is 21.3. The standard InChI is InChI=1S/C10H13NO3/c1-10(12,11-13-8-14-11)7-9-5-3-2-4-6-9/h2-6,12H,7-8H2,1H3. The van der Waals surface area contributed by atoms with Crippen LogP contribution in [0.2, 0.25) is 0 Å². The number of benzene rings is 1. The van der Waals surface area contributed by atoms with Crippen molar-refractivity contribution < 1.29 is 14.8 Å². The third-order valence-corrected chi connectivity index (χ3v) is 2.12. The van der Waals surface area contributed by atoms with Crippen LogP contribution in [0.5, 0.6) is 0 Å². The number of hydroxylamine groups is 2. The minimum Gasteiger partial charge on any atom is -0.371 e. The maximum absolute atomic E-state index is 9.96. The molecule has 4 heteroatoms. The van der Waals surface area contributed by atoms with Gasteiger partial charge in [-0.2, -0.15) is 0 Å². The van der Waals surface area contributed by atoms with E-state index in [2.05, 4.69) is 0 Å². The fourth-order valence-corrected chi connectivity index (χ4v) is 1.43. The van der Waals surface area contributed by atoms with Crippen molar-refractivity contribution in [3.8, 4) is 0 Å². The van der Waals surface area contributed by atoms with Gasteiger partial charge in [-0.15, -0.1) is 0 Å². The van der Waals surface area contributed by atoms with Crippen LogP contribution >= 0.6 is 0 Å². The van der Waals surface area contributed by atoms with Crippen molar-refractivity contribution in [2.45, 2.75) is 19.1 Å². The third-order valence-electron chi connectivity index (χ3n) is 2.12. The molecule has 1 aromatic carbocycles. The van der Waals surface area contributed by atoms with Crippen molar-refractivity contribution in [3.63, 3.8) is 0 Å². The van der Waals surface area contributed by atoms with Gasteiger partial charge in [-0.25, -0.2) is 9.68 Å². The molecule has 1 N–H and O–H groups in total. The minimum atomic E-state index is -1.11. The quantitative estimate of drug-likeness (QED) is 0.783. The molecule has 0 bridgehead atoms. The van der Waals surface area contributed by atoms with E-state index in [0.717, 1.165) is 10.8 Å². The van der Waals surface area contributed by atoms with Crippen LogP contribution in [0, 0.1) is 0 Å². The van der Waals surface area contributed by atoms with Crippen LogP contribution < -0.4 is 0 Å². The molecular formula is C10H13NO3. The van der Waals surface area contributed by atoms with Crippen LogP contribution in [0.1, 0.15) is 12.5 Å². The van der Waals surface area contributed by atoms with Crippen molar-refractivity contribution in [1.82, 2.24) is 5.23 Å². The van der Waals surface area contributed by atoms with Crippen LogP contribution in [-0.4, -0.2) is 22.9 Å². The van der Waals surface area contributed by atoms with E-state index in [9.17, 15) is 5.11 Å². The molecule has 1 fully saturated rings. The lowest BCUT2D eigenvalue weighted by Gasteiger charge is -2.39. The Morgan fingerprint density at radius 1 is 1.36 bits per heavy atom. The lowest BCUT2D eigenvalue weighted by molar-refractivity contribution is -0.573. The highest BCUT2D eigenvalue weighted by atomic mass is 17.1. The molecule has 1 saturated heterocycles. The zero-order valence-electron chi connectivity index (χ0n) is 8.01. The average Bonchev–Trinajstić information content (AvgIpc) is 2.00. The summed E-state index contributed by atoms with van der Waals surface area (Å²) in [5, 5.41) is 11.1. The van der Waals surface area contributed by atoms with Gasteiger partial charge in [0.2, 0.25) is 0 Å². The average molecular weight is 195 g/mol. The minimum absolute atomic E-state index is 0.213. The Kier molecular flexibility index (Phi) is 2.52. The van der Waals surface area contributed by atoms with Crippen molar-refractivity contribution >= 4 is 0 Å².